The summed E-state index contributed by atoms with van der Waals surface area (Å²) in [6.45, 7) is 1.75. The Morgan fingerprint density at radius 3 is 2.31 bits per heavy atom. The highest BCUT2D eigenvalue weighted by Crippen LogP contribution is 2.32. The summed E-state index contributed by atoms with van der Waals surface area (Å²) in [5.74, 6) is -0.599. The number of aromatic amines is 1. The number of benzene rings is 1. The van der Waals surface area contributed by atoms with Crippen molar-refractivity contribution in [3.05, 3.63) is 41.6 Å². The third kappa shape index (κ3) is 1.56. The van der Waals surface area contributed by atoms with Gasteiger partial charge in [0, 0.05) is 11.8 Å². The van der Waals surface area contributed by atoms with Gasteiger partial charge in [-0.2, -0.15) is 0 Å². The largest absolute Gasteiger partial charge is 0.495 e. The van der Waals surface area contributed by atoms with Crippen molar-refractivity contribution in [1.29, 1.82) is 0 Å². The van der Waals surface area contributed by atoms with Crippen molar-refractivity contribution in [3.63, 3.8) is 0 Å². The Kier molecular flexibility index (Phi) is 2.64. The first-order chi connectivity index (χ1) is 7.65. The van der Waals surface area contributed by atoms with Gasteiger partial charge in [-0.1, -0.05) is 6.07 Å². The highest BCUT2D eigenvalue weighted by atomic mass is 19.1. The van der Waals surface area contributed by atoms with E-state index in [1.807, 2.05) is 0 Å². The number of aromatic nitrogens is 1. The zero-order chi connectivity index (χ0) is 11.7. The Morgan fingerprint density at radius 2 is 1.81 bits per heavy atom. The number of methoxy groups -OCH3 is 1. The lowest BCUT2D eigenvalue weighted by Crippen LogP contribution is -1.91. The summed E-state index contributed by atoms with van der Waals surface area (Å²) < 4.78 is 32.1. The van der Waals surface area contributed by atoms with Crippen LogP contribution in [-0.2, 0) is 0 Å². The van der Waals surface area contributed by atoms with Crippen LogP contribution >= 0.6 is 0 Å². The summed E-state index contributed by atoms with van der Waals surface area (Å²) in [6, 6.07) is 3.79. The molecule has 84 valence electrons. The molecule has 0 aliphatic rings. The SMILES string of the molecule is COc1c[nH]c(-c2c(F)cccc2F)c1C. The molecule has 0 amide bonds. The highest BCUT2D eigenvalue weighted by molar-refractivity contribution is 5.67. The fourth-order valence-corrected chi connectivity index (χ4v) is 1.69. The van der Waals surface area contributed by atoms with Gasteiger partial charge in [0.25, 0.3) is 0 Å². The quantitative estimate of drug-likeness (QED) is 0.830. The van der Waals surface area contributed by atoms with Gasteiger partial charge in [-0.05, 0) is 19.1 Å². The molecule has 1 aromatic heterocycles. The number of halogens is 2. The number of hydrogen-bond acceptors (Lipinski definition) is 1. The predicted octanol–water partition coefficient (Wildman–Crippen LogP) is 3.28. The molecule has 2 aromatic rings. The molecule has 0 unspecified atom stereocenters. The van der Waals surface area contributed by atoms with Gasteiger partial charge < -0.3 is 9.72 Å². The van der Waals surface area contributed by atoms with Gasteiger partial charge in [0.15, 0.2) is 0 Å². The van der Waals surface area contributed by atoms with E-state index < -0.39 is 11.6 Å². The van der Waals surface area contributed by atoms with Crippen molar-refractivity contribution in [1.82, 2.24) is 4.98 Å². The Hall–Kier alpha value is -1.84. The second-order valence-electron chi connectivity index (χ2n) is 3.45. The van der Waals surface area contributed by atoms with Crippen LogP contribution in [0.2, 0.25) is 0 Å². The van der Waals surface area contributed by atoms with Crippen molar-refractivity contribution < 1.29 is 13.5 Å². The van der Waals surface area contributed by atoms with Crippen LogP contribution in [0, 0.1) is 18.6 Å². The van der Waals surface area contributed by atoms with E-state index in [1.165, 1.54) is 25.3 Å². The molecular formula is C12H11F2NO. The van der Waals surface area contributed by atoms with Crippen LogP contribution in [0.4, 0.5) is 8.78 Å². The molecule has 0 saturated carbocycles. The number of nitrogens with one attached hydrogen (secondary N) is 1. The van der Waals surface area contributed by atoms with Crippen LogP contribution in [0.5, 0.6) is 5.75 Å². The Labute approximate surface area is 91.9 Å². The molecule has 1 aromatic carbocycles. The van der Waals surface area contributed by atoms with Crippen molar-refractivity contribution in [2.24, 2.45) is 0 Å². The molecule has 0 atom stereocenters. The lowest BCUT2D eigenvalue weighted by molar-refractivity contribution is 0.412. The maximum atomic E-state index is 13.5. The summed E-state index contributed by atoms with van der Waals surface area (Å²) in [7, 11) is 1.51. The normalized spacial score (nSPS) is 10.5. The third-order valence-corrected chi connectivity index (χ3v) is 2.52. The summed E-state index contributed by atoms with van der Waals surface area (Å²) in [4.78, 5) is 2.82. The summed E-state index contributed by atoms with van der Waals surface area (Å²) >= 11 is 0. The van der Waals surface area contributed by atoms with Gasteiger partial charge in [0.2, 0.25) is 0 Å². The van der Waals surface area contributed by atoms with Crippen LogP contribution in [0.25, 0.3) is 11.3 Å². The lowest BCUT2D eigenvalue weighted by Gasteiger charge is -2.04. The Balaban J connectivity index is 2.63. The zero-order valence-electron chi connectivity index (χ0n) is 8.97. The number of H-pyrrole nitrogens is 1. The van der Waals surface area contributed by atoms with Gasteiger partial charge >= 0.3 is 0 Å². The summed E-state index contributed by atoms with van der Waals surface area (Å²) in [5.41, 5.74) is 1.04. The Morgan fingerprint density at radius 1 is 1.19 bits per heavy atom. The molecule has 0 saturated heterocycles. The van der Waals surface area contributed by atoms with E-state index in [1.54, 1.807) is 13.1 Å². The van der Waals surface area contributed by atoms with Crippen LogP contribution < -0.4 is 4.74 Å². The standard InChI is InChI=1S/C12H11F2NO/c1-7-10(16-2)6-15-12(7)11-8(13)4-3-5-9(11)14/h3-6,15H,1-2H3. The third-order valence-electron chi connectivity index (χ3n) is 2.52. The molecule has 0 spiro atoms. The first kappa shape index (κ1) is 10.7. The average molecular weight is 223 g/mol. The number of ether oxygens (including phenoxy) is 1. The fraction of sp³-hybridized carbons (Fsp3) is 0.167. The van der Waals surface area contributed by atoms with E-state index in [0.717, 1.165) is 0 Å². The topological polar surface area (TPSA) is 25.0 Å². The summed E-state index contributed by atoms with van der Waals surface area (Å²) in [5, 5.41) is 0. The molecular weight excluding hydrogens is 212 g/mol. The molecule has 0 radical (unpaired) electrons. The highest BCUT2D eigenvalue weighted by Gasteiger charge is 2.16. The van der Waals surface area contributed by atoms with E-state index in [2.05, 4.69) is 4.98 Å². The van der Waals surface area contributed by atoms with E-state index in [4.69, 9.17) is 4.74 Å². The second kappa shape index (κ2) is 3.96. The molecule has 1 heterocycles. The van der Waals surface area contributed by atoms with Crippen LogP contribution in [0.15, 0.2) is 24.4 Å². The maximum absolute atomic E-state index is 13.5. The van der Waals surface area contributed by atoms with Gasteiger partial charge in [0.1, 0.15) is 17.4 Å². The Bertz CT molecular complexity index is 499. The van der Waals surface area contributed by atoms with Gasteiger partial charge in [-0.3, -0.25) is 0 Å². The van der Waals surface area contributed by atoms with Crippen molar-refractivity contribution >= 4 is 0 Å². The predicted molar refractivity (Wildman–Crippen MR) is 57.4 cm³/mol. The van der Waals surface area contributed by atoms with Crippen LogP contribution in [0.1, 0.15) is 5.56 Å². The molecule has 0 fully saturated rings. The molecule has 0 aliphatic heterocycles. The molecule has 16 heavy (non-hydrogen) atoms. The van der Waals surface area contributed by atoms with Crippen molar-refractivity contribution in [2.75, 3.05) is 7.11 Å². The molecule has 2 nitrogen and oxygen atoms in total. The van der Waals surface area contributed by atoms with E-state index in [0.29, 0.717) is 17.0 Å². The molecule has 4 heteroatoms. The smallest absolute Gasteiger partial charge is 0.139 e. The fourth-order valence-electron chi connectivity index (χ4n) is 1.69. The van der Waals surface area contributed by atoms with Crippen LogP contribution in [0.3, 0.4) is 0 Å². The minimum atomic E-state index is -0.590. The molecule has 2 rings (SSSR count). The summed E-state index contributed by atoms with van der Waals surface area (Å²) in [6.07, 6.45) is 1.58. The minimum Gasteiger partial charge on any atom is -0.495 e. The number of rotatable bonds is 2. The maximum Gasteiger partial charge on any atom is 0.139 e. The van der Waals surface area contributed by atoms with Gasteiger partial charge in [0.05, 0.1) is 18.4 Å². The first-order valence-electron chi connectivity index (χ1n) is 4.81. The molecule has 0 aliphatic carbocycles. The average Bonchev–Trinajstić information content (AvgIpc) is 2.60. The second-order valence-corrected chi connectivity index (χ2v) is 3.45. The van der Waals surface area contributed by atoms with Crippen molar-refractivity contribution in [3.8, 4) is 17.0 Å². The number of hydrogen-bond donors (Lipinski definition) is 1. The lowest BCUT2D eigenvalue weighted by atomic mass is 10.1. The van der Waals surface area contributed by atoms with Crippen molar-refractivity contribution in [2.45, 2.75) is 6.92 Å². The van der Waals surface area contributed by atoms with E-state index in [-0.39, 0.29) is 5.56 Å². The van der Waals surface area contributed by atoms with Crippen LogP contribution in [-0.4, -0.2) is 12.1 Å². The monoisotopic (exact) mass is 223 g/mol. The minimum absolute atomic E-state index is 0.0525. The van der Waals surface area contributed by atoms with E-state index in [9.17, 15) is 8.78 Å². The van der Waals surface area contributed by atoms with Gasteiger partial charge in [-0.25, -0.2) is 8.78 Å². The molecule has 1 N–H and O–H groups in total. The van der Waals surface area contributed by atoms with E-state index >= 15 is 0 Å². The first-order valence-corrected chi connectivity index (χ1v) is 4.81. The molecule has 0 bridgehead atoms. The zero-order valence-corrected chi connectivity index (χ0v) is 8.97. The van der Waals surface area contributed by atoms with Gasteiger partial charge in [-0.15, -0.1) is 0 Å².